The summed E-state index contributed by atoms with van der Waals surface area (Å²) >= 11 is 0. The van der Waals surface area contributed by atoms with Gasteiger partial charge in [0.2, 0.25) is 11.8 Å². The van der Waals surface area contributed by atoms with Crippen LogP contribution in [0, 0.1) is 0 Å². The van der Waals surface area contributed by atoms with E-state index in [1.807, 2.05) is 24.3 Å². The van der Waals surface area contributed by atoms with E-state index in [1.165, 1.54) is 6.92 Å². The highest BCUT2D eigenvalue weighted by Crippen LogP contribution is 2.14. The summed E-state index contributed by atoms with van der Waals surface area (Å²) in [5.74, 6) is 0.548. The van der Waals surface area contributed by atoms with Crippen molar-refractivity contribution in [3.05, 3.63) is 29.8 Å². The summed E-state index contributed by atoms with van der Waals surface area (Å²) in [4.78, 5) is 25.7. The molecular formula is C18H28N2O3. The maximum atomic E-state index is 12.2. The van der Waals surface area contributed by atoms with Crippen LogP contribution in [-0.4, -0.2) is 36.4 Å². The largest absolute Gasteiger partial charge is 0.497 e. The zero-order chi connectivity index (χ0) is 17.2. The Kier molecular flexibility index (Phi) is 8.16. The molecule has 0 spiro atoms. The van der Waals surface area contributed by atoms with Gasteiger partial charge < -0.3 is 15.0 Å². The lowest BCUT2D eigenvalue weighted by molar-refractivity contribution is -0.138. The lowest BCUT2D eigenvalue weighted by Crippen LogP contribution is -2.47. The van der Waals surface area contributed by atoms with Crippen LogP contribution in [-0.2, 0) is 16.1 Å². The number of hydrogen-bond donors (Lipinski definition) is 1. The average molecular weight is 320 g/mol. The maximum absolute atomic E-state index is 12.2. The number of nitrogens with one attached hydrogen (secondary N) is 1. The number of rotatable bonds is 9. The molecule has 5 nitrogen and oxygen atoms in total. The van der Waals surface area contributed by atoms with Gasteiger partial charge in [0.1, 0.15) is 11.8 Å². The van der Waals surface area contributed by atoms with Crippen molar-refractivity contribution < 1.29 is 14.3 Å². The third kappa shape index (κ3) is 6.30. The van der Waals surface area contributed by atoms with Gasteiger partial charge in [-0.25, -0.2) is 0 Å². The quantitative estimate of drug-likeness (QED) is 0.712. The molecule has 1 atom stereocenters. The number of methoxy groups -OCH3 is 1. The molecule has 1 rings (SSSR count). The first kappa shape index (κ1) is 19.0. The number of nitrogens with zero attached hydrogens (tertiary/aromatic N) is 1. The van der Waals surface area contributed by atoms with Crippen molar-refractivity contribution in [2.24, 2.45) is 0 Å². The molecule has 0 fully saturated rings. The Balaban J connectivity index is 2.65. The second kappa shape index (κ2) is 9.87. The van der Waals surface area contributed by atoms with Gasteiger partial charge >= 0.3 is 0 Å². The smallest absolute Gasteiger partial charge is 0.242 e. The van der Waals surface area contributed by atoms with Crippen LogP contribution in [0.3, 0.4) is 0 Å². The minimum Gasteiger partial charge on any atom is -0.497 e. The van der Waals surface area contributed by atoms with Crippen LogP contribution < -0.4 is 10.1 Å². The molecule has 0 radical (unpaired) electrons. The van der Waals surface area contributed by atoms with Gasteiger partial charge in [-0.1, -0.05) is 31.9 Å². The van der Waals surface area contributed by atoms with Crippen LogP contribution in [0.2, 0.25) is 0 Å². The highest BCUT2D eigenvalue weighted by molar-refractivity contribution is 5.86. The van der Waals surface area contributed by atoms with Crippen LogP contribution in [0.15, 0.2) is 24.3 Å². The molecule has 2 amide bonds. The average Bonchev–Trinajstić information content (AvgIpc) is 2.56. The number of carbonyl (C=O) groups excluding carboxylic acids is 2. The lowest BCUT2D eigenvalue weighted by atomic mass is 10.1. The van der Waals surface area contributed by atoms with E-state index < -0.39 is 6.04 Å². The molecule has 0 aromatic heterocycles. The van der Waals surface area contributed by atoms with Crippen LogP contribution >= 0.6 is 0 Å². The van der Waals surface area contributed by atoms with Crippen LogP contribution in [0.5, 0.6) is 5.75 Å². The van der Waals surface area contributed by atoms with E-state index in [0.29, 0.717) is 13.1 Å². The zero-order valence-corrected chi connectivity index (χ0v) is 14.6. The molecule has 0 saturated heterocycles. The van der Waals surface area contributed by atoms with E-state index in [1.54, 1.807) is 18.9 Å². The van der Waals surface area contributed by atoms with Crippen molar-refractivity contribution in [1.82, 2.24) is 10.2 Å². The minimum atomic E-state index is -0.490. The van der Waals surface area contributed by atoms with Crippen molar-refractivity contribution in [1.29, 1.82) is 0 Å². The number of unbranched alkanes of at least 4 members (excludes halogenated alkanes) is 2. The van der Waals surface area contributed by atoms with Gasteiger partial charge in [-0.3, -0.25) is 9.59 Å². The molecule has 128 valence electrons. The number of ether oxygens (including phenoxy) is 1. The van der Waals surface area contributed by atoms with Crippen molar-refractivity contribution in [2.75, 3.05) is 13.7 Å². The summed E-state index contributed by atoms with van der Waals surface area (Å²) < 4.78 is 5.13. The molecule has 5 heteroatoms. The fourth-order valence-corrected chi connectivity index (χ4v) is 2.32. The van der Waals surface area contributed by atoms with Gasteiger partial charge in [0, 0.05) is 20.0 Å². The Morgan fingerprint density at radius 1 is 1.22 bits per heavy atom. The van der Waals surface area contributed by atoms with E-state index in [9.17, 15) is 9.59 Å². The number of hydrogen-bond acceptors (Lipinski definition) is 3. The van der Waals surface area contributed by atoms with Gasteiger partial charge in [0.25, 0.3) is 0 Å². The van der Waals surface area contributed by atoms with E-state index >= 15 is 0 Å². The topological polar surface area (TPSA) is 58.6 Å². The van der Waals surface area contributed by atoms with Gasteiger partial charge in [0.15, 0.2) is 0 Å². The number of carbonyl (C=O) groups is 2. The van der Waals surface area contributed by atoms with Crippen LogP contribution in [0.25, 0.3) is 0 Å². The van der Waals surface area contributed by atoms with Gasteiger partial charge in [-0.2, -0.15) is 0 Å². The summed E-state index contributed by atoms with van der Waals surface area (Å²) in [5, 5.41) is 2.90. The van der Waals surface area contributed by atoms with Crippen molar-refractivity contribution in [3.8, 4) is 5.75 Å². The Morgan fingerprint density at radius 3 is 2.39 bits per heavy atom. The van der Waals surface area contributed by atoms with E-state index in [-0.39, 0.29) is 11.8 Å². The van der Waals surface area contributed by atoms with E-state index in [2.05, 4.69) is 12.2 Å². The first-order chi connectivity index (χ1) is 11.0. The normalized spacial score (nSPS) is 11.7. The highest BCUT2D eigenvalue weighted by atomic mass is 16.5. The molecule has 1 aromatic carbocycles. The number of benzene rings is 1. The third-order valence-corrected chi connectivity index (χ3v) is 3.84. The summed E-state index contributed by atoms with van der Waals surface area (Å²) in [6, 6.07) is 7.02. The van der Waals surface area contributed by atoms with Crippen molar-refractivity contribution in [3.63, 3.8) is 0 Å². The predicted molar refractivity (Wildman–Crippen MR) is 91.2 cm³/mol. The van der Waals surface area contributed by atoms with Crippen LogP contribution in [0.1, 0.15) is 45.6 Å². The molecular weight excluding hydrogens is 292 g/mol. The minimum absolute atomic E-state index is 0.107. The Morgan fingerprint density at radius 2 is 1.87 bits per heavy atom. The Bertz CT molecular complexity index is 499. The fourth-order valence-electron chi connectivity index (χ4n) is 2.32. The molecule has 0 aliphatic rings. The molecule has 0 aliphatic carbocycles. The van der Waals surface area contributed by atoms with E-state index in [4.69, 9.17) is 4.74 Å². The predicted octanol–water partition coefficient (Wildman–Crippen LogP) is 2.74. The molecule has 0 unspecified atom stereocenters. The summed E-state index contributed by atoms with van der Waals surface area (Å²) in [5.41, 5.74) is 0.964. The zero-order valence-electron chi connectivity index (χ0n) is 14.6. The SMILES string of the molecule is CCCCCNC(=O)[C@H](C)N(Cc1ccc(OC)cc1)C(C)=O. The fraction of sp³-hybridized carbons (Fsp3) is 0.556. The Labute approximate surface area is 139 Å². The third-order valence-electron chi connectivity index (χ3n) is 3.84. The molecule has 1 N–H and O–H groups in total. The Hall–Kier alpha value is -2.04. The van der Waals surface area contributed by atoms with Gasteiger partial charge in [-0.05, 0) is 31.0 Å². The first-order valence-electron chi connectivity index (χ1n) is 8.17. The second-order valence-corrected chi connectivity index (χ2v) is 5.67. The molecule has 0 aliphatic heterocycles. The number of amides is 2. The molecule has 1 aromatic rings. The van der Waals surface area contributed by atoms with Crippen molar-refractivity contribution >= 4 is 11.8 Å². The standard InChI is InChI=1S/C18H28N2O3/c1-5-6-7-12-19-18(22)14(2)20(15(3)21)13-16-8-10-17(23-4)11-9-16/h8-11,14H,5-7,12-13H2,1-4H3,(H,19,22)/t14-/m0/s1. The lowest BCUT2D eigenvalue weighted by Gasteiger charge is -2.27. The monoisotopic (exact) mass is 320 g/mol. The molecule has 0 bridgehead atoms. The van der Waals surface area contributed by atoms with Gasteiger partial charge in [0.05, 0.1) is 7.11 Å². The summed E-state index contributed by atoms with van der Waals surface area (Å²) in [6.07, 6.45) is 3.17. The first-order valence-corrected chi connectivity index (χ1v) is 8.17. The second-order valence-electron chi connectivity index (χ2n) is 5.67. The maximum Gasteiger partial charge on any atom is 0.242 e. The van der Waals surface area contributed by atoms with E-state index in [0.717, 1.165) is 30.6 Å². The summed E-state index contributed by atoms with van der Waals surface area (Å²) in [7, 11) is 1.61. The molecule has 0 saturated carbocycles. The van der Waals surface area contributed by atoms with Crippen molar-refractivity contribution in [2.45, 2.75) is 52.6 Å². The highest BCUT2D eigenvalue weighted by Gasteiger charge is 2.23. The molecule has 0 heterocycles. The van der Waals surface area contributed by atoms with Crippen LogP contribution in [0.4, 0.5) is 0 Å². The summed E-state index contributed by atoms with van der Waals surface area (Å²) in [6.45, 7) is 6.44. The molecule has 23 heavy (non-hydrogen) atoms. The van der Waals surface area contributed by atoms with Gasteiger partial charge in [-0.15, -0.1) is 0 Å².